The van der Waals surface area contributed by atoms with E-state index in [2.05, 4.69) is 27.7 Å². The number of esters is 3. The summed E-state index contributed by atoms with van der Waals surface area (Å²) in [7, 11) is 0. The molecule has 0 saturated heterocycles. The Bertz CT molecular complexity index is 905. The summed E-state index contributed by atoms with van der Waals surface area (Å²) in [5.41, 5.74) is 0. The summed E-state index contributed by atoms with van der Waals surface area (Å²) in [6.45, 7) is 9.05. The molecular weight excluding hydrogens is 745 g/mol. The summed E-state index contributed by atoms with van der Waals surface area (Å²) < 4.78 is 16.8. The van der Waals surface area contributed by atoms with Crippen LogP contribution in [0.25, 0.3) is 0 Å². The molecule has 0 aromatic carbocycles. The van der Waals surface area contributed by atoms with E-state index in [1.807, 2.05) is 0 Å². The standard InChI is InChI=1S/C54H104O6/c1-5-8-10-12-14-16-18-19-20-21-22-23-25-29-33-37-41-45-52(55)58-48-51(60-54(57)47-43-39-35-31-24-17-15-13-11-9-6-2)49-59-53(56)46-42-38-34-30-27-26-28-32-36-40-44-50(4)7-3/h50-51H,5-49H2,1-4H3/t50?,51-/m0/s1. The number of rotatable bonds is 49. The Morgan fingerprint density at radius 3 is 0.867 bits per heavy atom. The average molecular weight is 849 g/mol. The van der Waals surface area contributed by atoms with Crippen LogP contribution in [0.15, 0.2) is 0 Å². The average Bonchev–Trinajstić information content (AvgIpc) is 3.25. The Morgan fingerprint density at radius 1 is 0.333 bits per heavy atom. The Kier molecular flexibility index (Phi) is 47.2. The van der Waals surface area contributed by atoms with E-state index in [1.54, 1.807) is 0 Å². The minimum absolute atomic E-state index is 0.0626. The predicted molar refractivity (Wildman–Crippen MR) is 257 cm³/mol. The number of hydrogen-bond acceptors (Lipinski definition) is 6. The summed E-state index contributed by atoms with van der Waals surface area (Å²) in [5, 5.41) is 0. The molecule has 0 spiro atoms. The minimum atomic E-state index is -0.760. The molecule has 0 saturated carbocycles. The number of hydrogen-bond donors (Lipinski definition) is 0. The van der Waals surface area contributed by atoms with E-state index < -0.39 is 6.10 Å². The van der Waals surface area contributed by atoms with Gasteiger partial charge in [-0.05, 0) is 25.2 Å². The van der Waals surface area contributed by atoms with E-state index in [0.29, 0.717) is 19.3 Å². The van der Waals surface area contributed by atoms with E-state index >= 15 is 0 Å². The van der Waals surface area contributed by atoms with Gasteiger partial charge in [0.15, 0.2) is 6.10 Å². The molecule has 6 heteroatoms. The molecule has 0 rings (SSSR count). The molecule has 0 amide bonds. The highest BCUT2D eigenvalue weighted by molar-refractivity contribution is 5.71. The zero-order valence-corrected chi connectivity index (χ0v) is 40.9. The van der Waals surface area contributed by atoms with Crippen molar-refractivity contribution in [3.63, 3.8) is 0 Å². The van der Waals surface area contributed by atoms with Crippen molar-refractivity contribution in [3.05, 3.63) is 0 Å². The quantitative estimate of drug-likeness (QED) is 0.0345. The SMILES string of the molecule is CCCCCCCCCCCCCCCCCCCC(=O)OC[C@@H](COC(=O)CCCCCCCCCCCCC(C)CC)OC(=O)CCCCCCCCCCCCC. The predicted octanol–water partition coefficient (Wildman–Crippen LogP) is 17.5. The maximum absolute atomic E-state index is 12.8. The third-order valence-corrected chi connectivity index (χ3v) is 12.7. The van der Waals surface area contributed by atoms with Gasteiger partial charge in [-0.3, -0.25) is 14.4 Å². The number of carbonyl (C=O) groups is 3. The lowest BCUT2D eigenvalue weighted by molar-refractivity contribution is -0.167. The molecule has 0 aliphatic rings. The molecule has 2 atom stereocenters. The first-order valence-electron chi connectivity index (χ1n) is 26.9. The zero-order chi connectivity index (χ0) is 43.8. The van der Waals surface area contributed by atoms with E-state index in [-0.39, 0.29) is 31.1 Å². The summed E-state index contributed by atoms with van der Waals surface area (Å²) >= 11 is 0. The van der Waals surface area contributed by atoms with Crippen LogP contribution in [-0.2, 0) is 28.6 Å². The smallest absolute Gasteiger partial charge is 0.306 e. The molecule has 60 heavy (non-hydrogen) atoms. The third kappa shape index (κ3) is 45.9. The Balaban J connectivity index is 4.27. The van der Waals surface area contributed by atoms with E-state index in [1.165, 1.54) is 199 Å². The second-order valence-corrected chi connectivity index (χ2v) is 18.8. The third-order valence-electron chi connectivity index (χ3n) is 12.7. The van der Waals surface area contributed by atoms with Gasteiger partial charge in [0, 0.05) is 19.3 Å². The molecule has 356 valence electrons. The van der Waals surface area contributed by atoms with Crippen molar-refractivity contribution in [1.29, 1.82) is 0 Å². The Labute approximate surface area is 374 Å². The highest BCUT2D eigenvalue weighted by Gasteiger charge is 2.19. The fourth-order valence-electron chi connectivity index (χ4n) is 8.19. The molecule has 0 radical (unpaired) electrons. The van der Waals surface area contributed by atoms with Crippen molar-refractivity contribution in [2.45, 2.75) is 310 Å². The number of ether oxygens (including phenoxy) is 3. The summed E-state index contributed by atoms with van der Waals surface area (Å²) in [6, 6.07) is 0. The second kappa shape index (κ2) is 48.4. The second-order valence-electron chi connectivity index (χ2n) is 18.8. The van der Waals surface area contributed by atoms with Crippen molar-refractivity contribution in [1.82, 2.24) is 0 Å². The largest absolute Gasteiger partial charge is 0.462 e. The van der Waals surface area contributed by atoms with Crippen molar-refractivity contribution < 1.29 is 28.6 Å². The van der Waals surface area contributed by atoms with Crippen LogP contribution in [0, 0.1) is 5.92 Å². The molecule has 0 aromatic rings. The van der Waals surface area contributed by atoms with Crippen LogP contribution >= 0.6 is 0 Å². The number of carbonyl (C=O) groups excluding carboxylic acids is 3. The zero-order valence-electron chi connectivity index (χ0n) is 40.9. The molecular formula is C54H104O6. The van der Waals surface area contributed by atoms with Crippen LogP contribution < -0.4 is 0 Å². The molecule has 0 aromatic heterocycles. The number of unbranched alkanes of at least 4 members (excludes halogenated alkanes) is 35. The lowest BCUT2D eigenvalue weighted by Crippen LogP contribution is -2.30. The molecule has 0 N–H and O–H groups in total. The van der Waals surface area contributed by atoms with Gasteiger partial charge in [-0.1, -0.05) is 265 Å². The maximum Gasteiger partial charge on any atom is 0.306 e. The van der Waals surface area contributed by atoms with Gasteiger partial charge in [0.25, 0.3) is 0 Å². The molecule has 0 aliphatic carbocycles. The van der Waals surface area contributed by atoms with Gasteiger partial charge in [0.1, 0.15) is 13.2 Å². The van der Waals surface area contributed by atoms with Gasteiger partial charge >= 0.3 is 17.9 Å². The van der Waals surface area contributed by atoms with Gasteiger partial charge in [0.2, 0.25) is 0 Å². The topological polar surface area (TPSA) is 78.9 Å². The van der Waals surface area contributed by atoms with Crippen LogP contribution in [0.1, 0.15) is 304 Å². The summed E-state index contributed by atoms with van der Waals surface area (Å²) in [6.07, 6.45) is 50.8. The van der Waals surface area contributed by atoms with Crippen LogP contribution in [0.5, 0.6) is 0 Å². The fraction of sp³-hybridized carbons (Fsp3) is 0.944. The monoisotopic (exact) mass is 849 g/mol. The molecule has 0 aliphatic heterocycles. The fourth-order valence-corrected chi connectivity index (χ4v) is 8.19. The van der Waals surface area contributed by atoms with Crippen molar-refractivity contribution in [2.75, 3.05) is 13.2 Å². The van der Waals surface area contributed by atoms with Gasteiger partial charge in [-0.25, -0.2) is 0 Å². The summed E-state index contributed by atoms with van der Waals surface area (Å²) in [5.74, 6) is 0.0270. The van der Waals surface area contributed by atoms with Gasteiger partial charge in [-0.2, -0.15) is 0 Å². The van der Waals surface area contributed by atoms with E-state index in [4.69, 9.17) is 14.2 Å². The van der Waals surface area contributed by atoms with Crippen molar-refractivity contribution in [3.8, 4) is 0 Å². The van der Waals surface area contributed by atoms with Crippen LogP contribution in [0.2, 0.25) is 0 Å². The lowest BCUT2D eigenvalue weighted by atomic mass is 9.99. The first kappa shape index (κ1) is 58.4. The normalized spacial score (nSPS) is 12.4. The first-order valence-corrected chi connectivity index (χ1v) is 26.9. The minimum Gasteiger partial charge on any atom is -0.462 e. The molecule has 6 nitrogen and oxygen atoms in total. The summed E-state index contributed by atoms with van der Waals surface area (Å²) in [4.78, 5) is 38.0. The van der Waals surface area contributed by atoms with Crippen molar-refractivity contribution >= 4 is 17.9 Å². The van der Waals surface area contributed by atoms with Gasteiger partial charge < -0.3 is 14.2 Å². The van der Waals surface area contributed by atoms with Crippen LogP contribution in [0.3, 0.4) is 0 Å². The van der Waals surface area contributed by atoms with Crippen LogP contribution in [0.4, 0.5) is 0 Å². The molecule has 0 bridgehead atoms. The highest BCUT2D eigenvalue weighted by atomic mass is 16.6. The van der Waals surface area contributed by atoms with Crippen LogP contribution in [-0.4, -0.2) is 37.2 Å². The first-order chi connectivity index (χ1) is 29.4. The van der Waals surface area contributed by atoms with Crippen molar-refractivity contribution in [2.24, 2.45) is 5.92 Å². The van der Waals surface area contributed by atoms with Gasteiger partial charge in [-0.15, -0.1) is 0 Å². The van der Waals surface area contributed by atoms with E-state index in [0.717, 1.165) is 63.7 Å². The molecule has 0 heterocycles. The molecule has 0 fully saturated rings. The Morgan fingerprint density at radius 2 is 0.583 bits per heavy atom. The molecule has 1 unspecified atom stereocenters. The highest BCUT2D eigenvalue weighted by Crippen LogP contribution is 2.18. The maximum atomic E-state index is 12.8. The Hall–Kier alpha value is -1.59. The van der Waals surface area contributed by atoms with Gasteiger partial charge in [0.05, 0.1) is 0 Å². The lowest BCUT2D eigenvalue weighted by Gasteiger charge is -2.18. The van der Waals surface area contributed by atoms with E-state index in [9.17, 15) is 14.4 Å².